The molecule has 1 fully saturated rings. The van der Waals surface area contributed by atoms with Crippen molar-refractivity contribution >= 4 is 46.0 Å². The van der Waals surface area contributed by atoms with Gasteiger partial charge in [-0.2, -0.15) is 0 Å². The van der Waals surface area contributed by atoms with E-state index in [9.17, 15) is 9.59 Å². The monoisotopic (exact) mass is 512 g/mol. The molecule has 2 N–H and O–H groups in total. The summed E-state index contributed by atoms with van der Waals surface area (Å²) >= 11 is 11.9. The second-order valence-electron chi connectivity index (χ2n) is 8.59. The van der Waals surface area contributed by atoms with Gasteiger partial charge in [0.1, 0.15) is 5.58 Å². The van der Waals surface area contributed by atoms with Gasteiger partial charge in [0.25, 0.3) is 5.91 Å². The lowest BCUT2D eigenvalue weighted by atomic mass is 9.91. The maximum Gasteiger partial charge on any atom is 0.309 e. The number of nitrogens with zero attached hydrogens (tertiary/aromatic N) is 2. The van der Waals surface area contributed by atoms with E-state index in [0.717, 1.165) is 36.6 Å². The van der Waals surface area contributed by atoms with Crippen LogP contribution < -0.4 is 10.6 Å². The molecule has 2 aromatic heterocycles. The van der Waals surface area contributed by atoms with Crippen molar-refractivity contribution in [2.75, 3.05) is 0 Å². The Morgan fingerprint density at radius 2 is 1.49 bits per heavy atom. The van der Waals surface area contributed by atoms with Crippen molar-refractivity contribution in [1.29, 1.82) is 0 Å². The predicted octanol–water partition coefficient (Wildman–Crippen LogP) is 5.18. The molecule has 0 saturated heterocycles. The van der Waals surface area contributed by atoms with E-state index in [1.807, 2.05) is 12.1 Å². The first-order valence-corrected chi connectivity index (χ1v) is 12.1. The molecule has 0 unspecified atom stereocenters. The molecule has 0 spiro atoms. The van der Waals surface area contributed by atoms with E-state index in [0.29, 0.717) is 27.9 Å². The highest BCUT2D eigenvalue weighted by Gasteiger charge is 2.26. The SMILES string of the molecule is O=C(NC1CCC(NC(=O)c2nnc(Cc3ccc(Cl)cc3)o2)CC1)c1cc2cc(Cl)ccc2o1. The van der Waals surface area contributed by atoms with Crippen LogP contribution in [0.3, 0.4) is 0 Å². The Bertz CT molecular complexity index is 1360. The molecule has 0 radical (unpaired) electrons. The molecule has 0 atom stereocenters. The summed E-state index contributed by atoms with van der Waals surface area (Å²) in [6.07, 6.45) is 3.32. The van der Waals surface area contributed by atoms with Gasteiger partial charge in [0.05, 0.1) is 6.42 Å². The highest BCUT2D eigenvalue weighted by molar-refractivity contribution is 6.31. The molecule has 1 saturated carbocycles. The number of nitrogens with one attached hydrogen (secondary N) is 2. The van der Waals surface area contributed by atoms with Crippen LogP contribution in [0.15, 0.2) is 57.4 Å². The van der Waals surface area contributed by atoms with Crippen molar-refractivity contribution in [2.45, 2.75) is 44.2 Å². The second kappa shape index (κ2) is 10.1. The van der Waals surface area contributed by atoms with Crippen LogP contribution >= 0.6 is 23.2 Å². The number of hydrogen-bond acceptors (Lipinski definition) is 6. The number of benzene rings is 2. The molecule has 2 heterocycles. The number of carbonyl (C=O) groups excluding carboxylic acids is 2. The first-order valence-electron chi connectivity index (χ1n) is 11.3. The molecule has 35 heavy (non-hydrogen) atoms. The fourth-order valence-corrected chi connectivity index (χ4v) is 4.51. The van der Waals surface area contributed by atoms with Gasteiger partial charge in [-0.1, -0.05) is 35.3 Å². The van der Waals surface area contributed by atoms with Crippen LogP contribution in [0.25, 0.3) is 11.0 Å². The minimum Gasteiger partial charge on any atom is -0.451 e. The minimum absolute atomic E-state index is 0.00170. The van der Waals surface area contributed by atoms with Gasteiger partial charge in [-0.15, -0.1) is 10.2 Å². The van der Waals surface area contributed by atoms with E-state index in [-0.39, 0.29) is 29.6 Å². The van der Waals surface area contributed by atoms with Gasteiger partial charge in [0, 0.05) is 27.5 Å². The molecule has 0 bridgehead atoms. The van der Waals surface area contributed by atoms with Crippen LogP contribution in [0.2, 0.25) is 10.0 Å². The maximum atomic E-state index is 12.6. The van der Waals surface area contributed by atoms with Crippen LogP contribution in [0.4, 0.5) is 0 Å². The van der Waals surface area contributed by atoms with Gasteiger partial charge in [0.2, 0.25) is 5.89 Å². The van der Waals surface area contributed by atoms with E-state index in [4.69, 9.17) is 32.0 Å². The summed E-state index contributed by atoms with van der Waals surface area (Å²) in [6, 6.07) is 14.2. The number of fused-ring (bicyclic) bond motifs is 1. The molecule has 5 rings (SSSR count). The number of amides is 2. The fraction of sp³-hybridized carbons (Fsp3) is 0.280. The molecule has 1 aliphatic rings. The zero-order chi connectivity index (χ0) is 24.4. The third-order valence-electron chi connectivity index (χ3n) is 6.03. The molecule has 2 aromatic carbocycles. The average molecular weight is 513 g/mol. The van der Waals surface area contributed by atoms with Crippen molar-refractivity contribution in [1.82, 2.24) is 20.8 Å². The van der Waals surface area contributed by atoms with Crippen LogP contribution in [0.5, 0.6) is 0 Å². The normalized spacial score (nSPS) is 17.9. The van der Waals surface area contributed by atoms with Crippen molar-refractivity contribution < 1.29 is 18.4 Å². The molecule has 8 nitrogen and oxygen atoms in total. The van der Waals surface area contributed by atoms with Crippen LogP contribution in [0.1, 0.15) is 58.4 Å². The predicted molar refractivity (Wildman–Crippen MR) is 131 cm³/mol. The van der Waals surface area contributed by atoms with Gasteiger partial charge in [0.15, 0.2) is 5.76 Å². The van der Waals surface area contributed by atoms with Gasteiger partial charge < -0.3 is 19.5 Å². The number of hydrogen-bond donors (Lipinski definition) is 2. The summed E-state index contributed by atoms with van der Waals surface area (Å²) < 4.78 is 11.2. The molecular formula is C25H22Cl2N4O4. The van der Waals surface area contributed by atoms with Gasteiger partial charge in [-0.25, -0.2) is 0 Å². The quantitative estimate of drug-likeness (QED) is 0.368. The smallest absolute Gasteiger partial charge is 0.309 e. The van der Waals surface area contributed by atoms with E-state index < -0.39 is 5.91 Å². The summed E-state index contributed by atoms with van der Waals surface area (Å²) in [5.41, 5.74) is 1.57. The lowest BCUT2D eigenvalue weighted by Crippen LogP contribution is -2.43. The topological polar surface area (TPSA) is 110 Å². The Morgan fingerprint density at radius 1 is 0.829 bits per heavy atom. The Kier molecular flexibility index (Phi) is 6.74. The molecular weight excluding hydrogens is 491 g/mol. The van der Waals surface area contributed by atoms with E-state index in [2.05, 4.69) is 20.8 Å². The van der Waals surface area contributed by atoms with Gasteiger partial charge >= 0.3 is 11.8 Å². The number of carbonyl (C=O) groups is 2. The number of rotatable bonds is 6. The van der Waals surface area contributed by atoms with Crippen molar-refractivity contribution in [3.8, 4) is 0 Å². The molecule has 10 heteroatoms. The van der Waals surface area contributed by atoms with Crippen LogP contribution in [-0.4, -0.2) is 34.1 Å². The third-order valence-corrected chi connectivity index (χ3v) is 6.52. The van der Waals surface area contributed by atoms with Gasteiger partial charge in [-0.05, 0) is 67.6 Å². The Hall–Kier alpha value is -3.36. The largest absolute Gasteiger partial charge is 0.451 e. The summed E-state index contributed by atoms with van der Waals surface area (Å²) in [5, 5.41) is 15.8. The zero-order valence-electron chi connectivity index (χ0n) is 18.6. The Balaban J connectivity index is 1.10. The summed E-state index contributed by atoms with van der Waals surface area (Å²) in [5.74, 6) is -0.105. The van der Waals surface area contributed by atoms with E-state index >= 15 is 0 Å². The Labute approximate surface area is 211 Å². The van der Waals surface area contributed by atoms with Crippen molar-refractivity contribution in [2.24, 2.45) is 0 Å². The van der Waals surface area contributed by atoms with Crippen LogP contribution in [-0.2, 0) is 6.42 Å². The molecule has 180 valence electrons. The van der Waals surface area contributed by atoms with E-state index in [1.165, 1.54) is 0 Å². The number of aromatic nitrogens is 2. The van der Waals surface area contributed by atoms with Gasteiger partial charge in [-0.3, -0.25) is 9.59 Å². The second-order valence-corrected chi connectivity index (χ2v) is 9.47. The average Bonchev–Trinajstić information content (AvgIpc) is 3.49. The number of furan rings is 1. The Morgan fingerprint density at radius 3 is 2.20 bits per heavy atom. The van der Waals surface area contributed by atoms with E-state index in [1.54, 1.807) is 36.4 Å². The number of halogens is 2. The fourth-order valence-electron chi connectivity index (χ4n) is 4.21. The lowest BCUT2D eigenvalue weighted by Gasteiger charge is -2.29. The molecule has 2 amide bonds. The van der Waals surface area contributed by atoms with Crippen LogP contribution in [0, 0.1) is 0 Å². The highest BCUT2D eigenvalue weighted by atomic mass is 35.5. The van der Waals surface area contributed by atoms with Crippen molar-refractivity contribution in [3.05, 3.63) is 81.7 Å². The highest BCUT2D eigenvalue weighted by Crippen LogP contribution is 2.24. The third kappa shape index (κ3) is 5.66. The molecule has 4 aromatic rings. The summed E-state index contributed by atoms with van der Waals surface area (Å²) in [7, 11) is 0. The first-order chi connectivity index (χ1) is 16.9. The molecule has 0 aliphatic heterocycles. The van der Waals surface area contributed by atoms with Crippen molar-refractivity contribution in [3.63, 3.8) is 0 Å². The first kappa shape index (κ1) is 23.4. The summed E-state index contributed by atoms with van der Waals surface area (Å²) in [4.78, 5) is 25.2. The zero-order valence-corrected chi connectivity index (χ0v) is 20.1. The summed E-state index contributed by atoms with van der Waals surface area (Å²) in [6.45, 7) is 0. The standard InChI is InChI=1S/C25H22Cl2N4O4/c26-16-3-1-14(2-4-16)11-22-30-31-25(35-22)24(33)29-19-8-6-18(7-9-19)28-23(32)21-13-15-12-17(27)5-10-20(15)34-21/h1-5,10,12-13,18-19H,6-9,11H2,(H,28,32)(H,29,33). The lowest BCUT2D eigenvalue weighted by molar-refractivity contribution is 0.0860. The minimum atomic E-state index is -0.395. The maximum absolute atomic E-state index is 12.6. The molecule has 1 aliphatic carbocycles.